The second kappa shape index (κ2) is 7.82. The van der Waals surface area contributed by atoms with E-state index in [1.54, 1.807) is 19.3 Å². The molecular formula is C21H25NO2. The normalized spacial score (nSPS) is 12.2. The molecule has 1 unspecified atom stereocenters. The third kappa shape index (κ3) is 4.48. The quantitative estimate of drug-likeness (QED) is 0.822. The molecule has 0 aliphatic carbocycles. The molecule has 0 spiro atoms. The van der Waals surface area contributed by atoms with Gasteiger partial charge in [-0.1, -0.05) is 24.3 Å². The van der Waals surface area contributed by atoms with Gasteiger partial charge in [0.2, 0.25) is 5.91 Å². The summed E-state index contributed by atoms with van der Waals surface area (Å²) in [6.07, 6.45) is 3.36. The Balaban J connectivity index is 2.03. The molecule has 0 saturated carbocycles. The van der Waals surface area contributed by atoms with Crippen LogP contribution in [0.3, 0.4) is 0 Å². The summed E-state index contributed by atoms with van der Waals surface area (Å²) in [4.78, 5) is 12.2. The second-order valence-electron chi connectivity index (χ2n) is 6.13. The summed E-state index contributed by atoms with van der Waals surface area (Å²) in [5.74, 6) is 0.700. The first-order valence-electron chi connectivity index (χ1n) is 8.11. The van der Waals surface area contributed by atoms with E-state index in [0.717, 1.165) is 16.9 Å². The van der Waals surface area contributed by atoms with Gasteiger partial charge in [-0.3, -0.25) is 4.79 Å². The standard InChI is InChI=1S/C21H25NO2/c1-14-12-16(3)20(13-15(14)2)17(4)22-21(23)11-8-18-6-9-19(24-5)10-7-18/h6-13,17H,1-5H3,(H,22,23)/b11-8+. The molecule has 3 nitrogen and oxygen atoms in total. The number of aryl methyl sites for hydroxylation is 3. The summed E-state index contributed by atoms with van der Waals surface area (Å²) in [6.45, 7) is 8.29. The molecule has 0 aliphatic heterocycles. The smallest absolute Gasteiger partial charge is 0.244 e. The average molecular weight is 323 g/mol. The van der Waals surface area contributed by atoms with Crippen molar-refractivity contribution in [3.8, 4) is 5.75 Å². The van der Waals surface area contributed by atoms with Crippen LogP contribution < -0.4 is 10.1 Å². The third-order valence-electron chi connectivity index (χ3n) is 4.25. The lowest BCUT2D eigenvalue weighted by Crippen LogP contribution is -2.25. The summed E-state index contributed by atoms with van der Waals surface area (Å²) >= 11 is 0. The van der Waals surface area contributed by atoms with Crippen LogP contribution in [0.2, 0.25) is 0 Å². The van der Waals surface area contributed by atoms with Gasteiger partial charge in [0.25, 0.3) is 0 Å². The molecular weight excluding hydrogens is 298 g/mol. The first-order chi connectivity index (χ1) is 11.4. The van der Waals surface area contributed by atoms with Gasteiger partial charge in [0.05, 0.1) is 13.2 Å². The Hall–Kier alpha value is -2.55. The van der Waals surface area contributed by atoms with Crippen LogP contribution in [0.25, 0.3) is 6.08 Å². The van der Waals surface area contributed by atoms with Crippen molar-refractivity contribution in [3.63, 3.8) is 0 Å². The van der Waals surface area contributed by atoms with E-state index >= 15 is 0 Å². The summed E-state index contributed by atoms with van der Waals surface area (Å²) in [6, 6.07) is 11.9. The fraction of sp³-hybridized carbons (Fsp3) is 0.286. The van der Waals surface area contributed by atoms with Crippen molar-refractivity contribution in [2.45, 2.75) is 33.7 Å². The number of rotatable bonds is 5. The Morgan fingerprint density at radius 2 is 1.67 bits per heavy atom. The van der Waals surface area contributed by atoms with Crippen LogP contribution in [0.1, 0.15) is 40.8 Å². The van der Waals surface area contributed by atoms with Gasteiger partial charge in [0, 0.05) is 6.08 Å². The summed E-state index contributed by atoms with van der Waals surface area (Å²) < 4.78 is 5.12. The van der Waals surface area contributed by atoms with Crippen molar-refractivity contribution in [3.05, 3.63) is 70.3 Å². The molecule has 3 heteroatoms. The highest BCUT2D eigenvalue weighted by Crippen LogP contribution is 2.21. The first-order valence-corrected chi connectivity index (χ1v) is 8.11. The van der Waals surface area contributed by atoms with Crippen LogP contribution in [0, 0.1) is 20.8 Å². The zero-order valence-electron chi connectivity index (χ0n) is 15.0. The number of nitrogens with one attached hydrogen (secondary N) is 1. The minimum atomic E-state index is -0.101. The molecule has 2 aromatic carbocycles. The lowest BCUT2D eigenvalue weighted by Gasteiger charge is -2.17. The Kier molecular flexibility index (Phi) is 5.80. The van der Waals surface area contributed by atoms with E-state index in [9.17, 15) is 4.79 Å². The Morgan fingerprint density at radius 1 is 1.04 bits per heavy atom. The molecule has 0 aromatic heterocycles. The van der Waals surface area contributed by atoms with E-state index in [2.05, 4.69) is 38.2 Å². The maximum absolute atomic E-state index is 12.2. The molecule has 2 rings (SSSR count). The minimum Gasteiger partial charge on any atom is -0.497 e. The lowest BCUT2D eigenvalue weighted by molar-refractivity contribution is -0.117. The number of hydrogen-bond acceptors (Lipinski definition) is 2. The third-order valence-corrected chi connectivity index (χ3v) is 4.25. The molecule has 1 amide bonds. The van der Waals surface area contributed by atoms with Gasteiger partial charge in [-0.25, -0.2) is 0 Å². The van der Waals surface area contributed by atoms with Crippen LogP contribution in [0.4, 0.5) is 0 Å². The van der Waals surface area contributed by atoms with E-state index in [0.29, 0.717) is 0 Å². The number of hydrogen-bond donors (Lipinski definition) is 1. The number of benzene rings is 2. The molecule has 0 fully saturated rings. The highest BCUT2D eigenvalue weighted by molar-refractivity contribution is 5.92. The Bertz CT molecular complexity index is 745. The lowest BCUT2D eigenvalue weighted by atomic mass is 9.96. The number of carbonyl (C=O) groups is 1. The molecule has 2 aromatic rings. The summed E-state index contributed by atoms with van der Waals surface area (Å²) in [5.41, 5.74) is 5.83. The van der Waals surface area contributed by atoms with E-state index in [1.807, 2.05) is 31.2 Å². The van der Waals surface area contributed by atoms with Gasteiger partial charge in [-0.05, 0) is 73.7 Å². The van der Waals surface area contributed by atoms with E-state index in [1.165, 1.54) is 16.7 Å². The topological polar surface area (TPSA) is 38.3 Å². The monoisotopic (exact) mass is 323 g/mol. The summed E-state index contributed by atoms with van der Waals surface area (Å²) in [7, 11) is 1.63. The summed E-state index contributed by atoms with van der Waals surface area (Å²) in [5, 5.41) is 3.03. The van der Waals surface area contributed by atoms with Crippen molar-refractivity contribution in [1.29, 1.82) is 0 Å². The molecule has 0 saturated heterocycles. The van der Waals surface area contributed by atoms with E-state index < -0.39 is 0 Å². The van der Waals surface area contributed by atoms with Crippen LogP contribution in [0.5, 0.6) is 5.75 Å². The zero-order chi connectivity index (χ0) is 17.7. The first kappa shape index (κ1) is 17.8. The molecule has 0 bridgehead atoms. The predicted molar refractivity (Wildman–Crippen MR) is 99.2 cm³/mol. The largest absolute Gasteiger partial charge is 0.497 e. The molecule has 24 heavy (non-hydrogen) atoms. The molecule has 0 radical (unpaired) electrons. The van der Waals surface area contributed by atoms with Crippen molar-refractivity contribution in [2.75, 3.05) is 7.11 Å². The number of ether oxygens (including phenoxy) is 1. The number of amides is 1. The minimum absolute atomic E-state index is 0.0303. The van der Waals surface area contributed by atoms with Gasteiger partial charge >= 0.3 is 0 Å². The highest BCUT2D eigenvalue weighted by Gasteiger charge is 2.11. The molecule has 1 atom stereocenters. The van der Waals surface area contributed by atoms with Crippen LogP contribution >= 0.6 is 0 Å². The van der Waals surface area contributed by atoms with E-state index in [-0.39, 0.29) is 11.9 Å². The predicted octanol–water partition coefficient (Wildman–Crippen LogP) is 4.51. The average Bonchev–Trinajstić information content (AvgIpc) is 2.56. The number of methoxy groups -OCH3 is 1. The van der Waals surface area contributed by atoms with Crippen LogP contribution in [-0.2, 0) is 4.79 Å². The van der Waals surface area contributed by atoms with Crippen molar-refractivity contribution >= 4 is 12.0 Å². The van der Waals surface area contributed by atoms with Gasteiger partial charge < -0.3 is 10.1 Å². The SMILES string of the molecule is COc1ccc(/C=C/C(=O)NC(C)c2cc(C)c(C)cc2C)cc1. The molecule has 1 N–H and O–H groups in total. The zero-order valence-corrected chi connectivity index (χ0v) is 15.0. The number of carbonyl (C=O) groups excluding carboxylic acids is 1. The maximum atomic E-state index is 12.2. The van der Waals surface area contributed by atoms with Crippen LogP contribution in [-0.4, -0.2) is 13.0 Å². The van der Waals surface area contributed by atoms with Crippen molar-refractivity contribution in [1.82, 2.24) is 5.32 Å². The highest BCUT2D eigenvalue weighted by atomic mass is 16.5. The molecule has 126 valence electrons. The van der Waals surface area contributed by atoms with Gasteiger partial charge in [0.15, 0.2) is 0 Å². The van der Waals surface area contributed by atoms with Gasteiger partial charge in [-0.2, -0.15) is 0 Å². The fourth-order valence-electron chi connectivity index (χ4n) is 2.68. The van der Waals surface area contributed by atoms with Crippen molar-refractivity contribution < 1.29 is 9.53 Å². The van der Waals surface area contributed by atoms with Crippen molar-refractivity contribution in [2.24, 2.45) is 0 Å². The maximum Gasteiger partial charge on any atom is 0.244 e. The van der Waals surface area contributed by atoms with Crippen LogP contribution in [0.15, 0.2) is 42.5 Å². The van der Waals surface area contributed by atoms with E-state index in [4.69, 9.17) is 4.74 Å². The fourth-order valence-corrected chi connectivity index (χ4v) is 2.68. The molecule has 0 aliphatic rings. The van der Waals surface area contributed by atoms with Gasteiger partial charge in [-0.15, -0.1) is 0 Å². The second-order valence-corrected chi connectivity index (χ2v) is 6.13. The molecule has 0 heterocycles. The van der Waals surface area contributed by atoms with Gasteiger partial charge in [0.1, 0.15) is 5.75 Å². The Morgan fingerprint density at radius 3 is 2.29 bits per heavy atom. The Labute approximate surface area is 144 Å².